The molecule has 0 aliphatic carbocycles. The Morgan fingerprint density at radius 3 is 1.83 bits per heavy atom. The van der Waals surface area contributed by atoms with Crippen molar-refractivity contribution in [3.8, 4) is 0 Å². The molecular weight excluding hydrogens is 180 g/mol. The Labute approximate surface area is 73.8 Å². The molecule has 0 aliphatic heterocycles. The van der Waals surface area contributed by atoms with E-state index < -0.39 is 16.1 Å². The van der Waals surface area contributed by atoms with Gasteiger partial charge in [-0.25, -0.2) is 8.42 Å². The van der Waals surface area contributed by atoms with Crippen LogP contribution >= 0.6 is 0 Å². The zero-order valence-corrected chi connectivity index (χ0v) is 8.72. The minimum Gasteiger partial charge on any atom is -0.355 e. The Bertz CT molecular complexity index is 203. The molecule has 0 bridgehead atoms. The van der Waals surface area contributed by atoms with Crippen molar-refractivity contribution in [2.75, 3.05) is 20.0 Å². The van der Waals surface area contributed by atoms with Gasteiger partial charge in [0, 0.05) is 14.2 Å². The third kappa shape index (κ3) is 3.51. The Hall–Kier alpha value is -0.130. The lowest BCUT2D eigenvalue weighted by Gasteiger charge is -2.14. The van der Waals surface area contributed by atoms with Crippen molar-refractivity contribution in [3.05, 3.63) is 0 Å². The highest BCUT2D eigenvalue weighted by molar-refractivity contribution is 7.92. The van der Waals surface area contributed by atoms with E-state index in [-0.39, 0.29) is 11.0 Å². The molecule has 0 unspecified atom stereocenters. The molecule has 12 heavy (non-hydrogen) atoms. The van der Waals surface area contributed by atoms with Crippen LogP contribution in [0.4, 0.5) is 0 Å². The molecule has 0 radical (unpaired) electrons. The van der Waals surface area contributed by atoms with Gasteiger partial charge in [0.25, 0.3) is 0 Å². The van der Waals surface area contributed by atoms with Crippen LogP contribution in [-0.2, 0) is 19.3 Å². The molecule has 0 N–H and O–H groups in total. The van der Waals surface area contributed by atoms with Crippen LogP contribution in [0.2, 0.25) is 0 Å². The molecule has 0 aromatic carbocycles. The average molecular weight is 196 g/mol. The summed E-state index contributed by atoms with van der Waals surface area (Å²) in [5.74, 6) is -0.0856. The SMILES string of the molecule is COC(CS(=O)(=O)C(C)C)OC. The maximum absolute atomic E-state index is 11.3. The number of rotatable bonds is 5. The van der Waals surface area contributed by atoms with Gasteiger partial charge < -0.3 is 9.47 Å². The smallest absolute Gasteiger partial charge is 0.170 e. The fourth-order valence-electron chi connectivity index (χ4n) is 0.614. The summed E-state index contributed by atoms with van der Waals surface area (Å²) in [4.78, 5) is 0. The van der Waals surface area contributed by atoms with Crippen LogP contribution in [0.3, 0.4) is 0 Å². The topological polar surface area (TPSA) is 52.6 Å². The zero-order chi connectivity index (χ0) is 9.78. The van der Waals surface area contributed by atoms with E-state index in [1.165, 1.54) is 14.2 Å². The lowest BCUT2D eigenvalue weighted by atomic mass is 10.6. The number of hydrogen-bond acceptors (Lipinski definition) is 4. The fourth-order valence-corrected chi connectivity index (χ4v) is 1.65. The summed E-state index contributed by atoms with van der Waals surface area (Å²) >= 11 is 0. The van der Waals surface area contributed by atoms with Crippen LogP contribution in [0.15, 0.2) is 0 Å². The van der Waals surface area contributed by atoms with Crippen molar-refractivity contribution in [2.45, 2.75) is 25.4 Å². The fraction of sp³-hybridized carbons (Fsp3) is 1.00. The molecule has 0 saturated carbocycles. The third-order valence-electron chi connectivity index (χ3n) is 1.61. The minimum atomic E-state index is -3.07. The Morgan fingerprint density at radius 2 is 1.58 bits per heavy atom. The summed E-state index contributed by atoms with van der Waals surface area (Å²) < 4.78 is 32.2. The number of methoxy groups -OCH3 is 2. The van der Waals surface area contributed by atoms with Gasteiger partial charge in [-0.2, -0.15) is 0 Å². The predicted octanol–water partition coefficient (Wildman–Crippen LogP) is 0.429. The molecule has 4 nitrogen and oxygen atoms in total. The first kappa shape index (κ1) is 11.9. The second-order valence-corrected chi connectivity index (χ2v) is 5.38. The summed E-state index contributed by atoms with van der Waals surface area (Å²) in [6.45, 7) is 3.27. The van der Waals surface area contributed by atoms with E-state index in [2.05, 4.69) is 0 Å². The third-order valence-corrected chi connectivity index (χ3v) is 3.79. The molecule has 0 saturated heterocycles. The first-order valence-electron chi connectivity index (χ1n) is 3.71. The van der Waals surface area contributed by atoms with Crippen LogP contribution in [0.1, 0.15) is 13.8 Å². The van der Waals surface area contributed by atoms with Gasteiger partial charge in [-0.3, -0.25) is 0 Å². The van der Waals surface area contributed by atoms with E-state index in [1.54, 1.807) is 13.8 Å². The number of sulfone groups is 1. The number of ether oxygens (including phenoxy) is 2. The van der Waals surface area contributed by atoms with Gasteiger partial charge in [-0.1, -0.05) is 0 Å². The van der Waals surface area contributed by atoms with Crippen LogP contribution in [0.5, 0.6) is 0 Å². The van der Waals surface area contributed by atoms with E-state index >= 15 is 0 Å². The normalized spacial score (nSPS) is 12.8. The highest BCUT2D eigenvalue weighted by Crippen LogP contribution is 2.05. The molecule has 0 spiro atoms. The summed E-state index contributed by atoms with van der Waals surface area (Å²) in [5, 5.41) is -0.384. The molecule has 0 aliphatic rings. The molecule has 0 aromatic heterocycles. The summed E-state index contributed by atoms with van der Waals surface area (Å²) in [7, 11) is -0.230. The van der Waals surface area contributed by atoms with Gasteiger partial charge in [0.05, 0.1) is 5.25 Å². The largest absolute Gasteiger partial charge is 0.355 e. The molecule has 0 fully saturated rings. The molecular formula is C7H16O4S. The van der Waals surface area contributed by atoms with Gasteiger partial charge in [0.15, 0.2) is 16.1 Å². The summed E-state index contributed by atoms with van der Waals surface area (Å²) in [5.41, 5.74) is 0. The Balaban J connectivity index is 4.23. The van der Waals surface area contributed by atoms with E-state index in [1.807, 2.05) is 0 Å². The van der Waals surface area contributed by atoms with E-state index in [4.69, 9.17) is 9.47 Å². The molecule has 74 valence electrons. The van der Waals surface area contributed by atoms with E-state index in [9.17, 15) is 8.42 Å². The molecule has 0 rings (SSSR count). The maximum Gasteiger partial charge on any atom is 0.170 e. The lowest BCUT2D eigenvalue weighted by molar-refractivity contribution is -0.0852. The van der Waals surface area contributed by atoms with Crippen molar-refractivity contribution in [1.82, 2.24) is 0 Å². The first-order valence-corrected chi connectivity index (χ1v) is 5.42. The Kier molecular flexibility index (Phi) is 4.74. The van der Waals surface area contributed by atoms with Crippen LogP contribution in [0, 0.1) is 0 Å². The molecule has 0 atom stereocenters. The van der Waals surface area contributed by atoms with Gasteiger partial charge >= 0.3 is 0 Å². The zero-order valence-electron chi connectivity index (χ0n) is 7.90. The first-order chi connectivity index (χ1) is 5.44. The van der Waals surface area contributed by atoms with Crippen molar-refractivity contribution in [3.63, 3.8) is 0 Å². The molecule has 0 heterocycles. The number of hydrogen-bond donors (Lipinski definition) is 0. The monoisotopic (exact) mass is 196 g/mol. The average Bonchev–Trinajstić information content (AvgIpc) is 2.00. The highest BCUT2D eigenvalue weighted by Gasteiger charge is 2.21. The van der Waals surface area contributed by atoms with Crippen molar-refractivity contribution >= 4 is 9.84 Å². The van der Waals surface area contributed by atoms with Crippen LogP contribution in [0.25, 0.3) is 0 Å². The van der Waals surface area contributed by atoms with Crippen molar-refractivity contribution < 1.29 is 17.9 Å². The lowest BCUT2D eigenvalue weighted by Crippen LogP contribution is -2.29. The minimum absolute atomic E-state index is 0.0856. The van der Waals surface area contributed by atoms with Crippen molar-refractivity contribution in [1.29, 1.82) is 0 Å². The van der Waals surface area contributed by atoms with E-state index in [0.717, 1.165) is 0 Å². The standard InChI is InChI=1S/C7H16O4S/c1-6(2)12(8,9)5-7(10-3)11-4/h6-7H,5H2,1-4H3. The highest BCUT2D eigenvalue weighted by atomic mass is 32.2. The molecule has 5 heteroatoms. The second-order valence-electron chi connectivity index (χ2n) is 2.78. The van der Waals surface area contributed by atoms with Crippen molar-refractivity contribution in [2.24, 2.45) is 0 Å². The second kappa shape index (κ2) is 4.79. The van der Waals surface area contributed by atoms with Gasteiger partial charge in [0.2, 0.25) is 0 Å². The molecule has 0 amide bonds. The molecule has 0 aromatic rings. The van der Waals surface area contributed by atoms with Gasteiger partial charge in [-0.15, -0.1) is 0 Å². The quantitative estimate of drug-likeness (QED) is 0.598. The van der Waals surface area contributed by atoms with Crippen LogP contribution in [-0.4, -0.2) is 39.9 Å². The van der Waals surface area contributed by atoms with E-state index in [0.29, 0.717) is 0 Å². The Morgan fingerprint density at radius 1 is 1.17 bits per heavy atom. The van der Waals surface area contributed by atoms with Gasteiger partial charge in [0.1, 0.15) is 5.75 Å². The van der Waals surface area contributed by atoms with Crippen LogP contribution < -0.4 is 0 Å². The van der Waals surface area contributed by atoms with Gasteiger partial charge in [-0.05, 0) is 13.8 Å². The summed E-state index contributed by atoms with van der Waals surface area (Å²) in [6.07, 6.45) is -0.655. The maximum atomic E-state index is 11.3. The predicted molar refractivity (Wildman–Crippen MR) is 46.7 cm³/mol. The summed E-state index contributed by atoms with van der Waals surface area (Å²) in [6, 6.07) is 0.